The molecule has 1 unspecified atom stereocenters. The Hall–Kier alpha value is -1.03. The number of methoxy groups -OCH3 is 1. The molecule has 0 saturated carbocycles. The standard InChI is InChI=1S/C14H20BrNO2/c1-10-4-5-13(18-3)12(8-10)14(17)16-9-11(2)6-7-15/h4-5,8,11H,6-7,9H2,1-3H3,(H,16,17). The first-order valence-corrected chi connectivity index (χ1v) is 7.19. The minimum atomic E-state index is -0.0722. The van der Waals surface area contributed by atoms with E-state index in [1.54, 1.807) is 7.11 Å². The lowest BCUT2D eigenvalue weighted by Gasteiger charge is -2.13. The Balaban J connectivity index is 2.68. The van der Waals surface area contributed by atoms with Crippen molar-refractivity contribution in [3.05, 3.63) is 29.3 Å². The predicted octanol–water partition coefficient (Wildman–Crippen LogP) is 3.15. The van der Waals surface area contributed by atoms with E-state index >= 15 is 0 Å². The number of carbonyl (C=O) groups is 1. The first kappa shape index (κ1) is 15.0. The number of ether oxygens (including phenoxy) is 1. The molecule has 0 spiro atoms. The Labute approximate surface area is 117 Å². The zero-order valence-corrected chi connectivity index (χ0v) is 12.7. The summed E-state index contributed by atoms with van der Waals surface area (Å²) in [6, 6.07) is 5.61. The first-order chi connectivity index (χ1) is 8.58. The minimum Gasteiger partial charge on any atom is -0.496 e. The average molecular weight is 314 g/mol. The van der Waals surface area contributed by atoms with Crippen molar-refractivity contribution >= 4 is 21.8 Å². The maximum Gasteiger partial charge on any atom is 0.255 e. The molecule has 1 aromatic rings. The lowest BCUT2D eigenvalue weighted by atomic mass is 10.1. The van der Waals surface area contributed by atoms with Crippen LogP contribution in [0.15, 0.2) is 18.2 Å². The smallest absolute Gasteiger partial charge is 0.255 e. The van der Waals surface area contributed by atoms with E-state index in [0.717, 1.165) is 17.3 Å². The van der Waals surface area contributed by atoms with Gasteiger partial charge in [0.2, 0.25) is 0 Å². The molecular formula is C14H20BrNO2. The summed E-state index contributed by atoms with van der Waals surface area (Å²) < 4.78 is 5.21. The number of carbonyl (C=O) groups excluding carboxylic acids is 1. The summed E-state index contributed by atoms with van der Waals surface area (Å²) in [6.07, 6.45) is 1.05. The van der Waals surface area contributed by atoms with Crippen LogP contribution in [0.4, 0.5) is 0 Å². The van der Waals surface area contributed by atoms with Crippen LogP contribution >= 0.6 is 15.9 Å². The largest absolute Gasteiger partial charge is 0.496 e. The highest BCUT2D eigenvalue weighted by Crippen LogP contribution is 2.19. The summed E-state index contributed by atoms with van der Waals surface area (Å²) in [7, 11) is 1.58. The number of hydrogen-bond donors (Lipinski definition) is 1. The molecule has 0 radical (unpaired) electrons. The normalized spacial score (nSPS) is 12.0. The van der Waals surface area contributed by atoms with Gasteiger partial charge in [0, 0.05) is 11.9 Å². The van der Waals surface area contributed by atoms with Gasteiger partial charge in [0.25, 0.3) is 5.91 Å². The molecule has 1 N–H and O–H groups in total. The molecule has 0 heterocycles. The van der Waals surface area contributed by atoms with Crippen LogP contribution in [0.25, 0.3) is 0 Å². The molecule has 0 aliphatic carbocycles. The summed E-state index contributed by atoms with van der Waals surface area (Å²) >= 11 is 3.40. The Kier molecular flexibility index (Phi) is 6.19. The molecule has 18 heavy (non-hydrogen) atoms. The van der Waals surface area contributed by atoms with Crippen molar-refractivity contribution in [3.63, 3.8) is 0 Å². The van der Waals surface area contributed by atoms with Crippen molar-refractivity contribution in [1.29, 1.82) is 0 Å². The van der Waals surface area contributed by atoms with Crippen LogP contribution in [0.2, 0.25) is 0 Å². The summed E-state index contributed by atoms with van der Waals surface area (Å²) in [5, 5.41) is 3.90. The maximum atomic E-state index is 12.1. The van der Waals surface area contributed by atoms with Crippen LogP contribution in [-0.2, 0) is 0 Å². The third kappa shape index (κ3) is 4.33. The number of nitrogens with one attached hydrogen (secondary N) is 1. The third-order valence-corrected chi connectivity index (χ3v) is 3.27. The molecule has 1 aromatic carbocycles. The van der Waals surface area contributed by atoms with Gasteiger partial charge in [-0.2, -0.15) is 0 Å². The monoisotopic (exact) mass is 313 g/mol. The fourth-order valence-electron chi connectivity index (χ4n) is 1.65. The molecule has 0 aliphatic heterocycles. The SMILES string of the molecule is COc1ccc(C)cc1C(=O)NCC(C)CCBr. The summed E-state index contributed by atoms with van der Waals surface area (Å²) in [5.41, 5.74) is 1.65. The van der Waals surface area contributed by atoms with Crippen molar-refractivity contribution < 1.29 is 9.53 Å². The van der Waals surface area contributed by atoms with Gasteiger partial charge >= 0.3 is 0 Å². The highest BCUT2D eigenvalue weighted by atomic mass is 79.9. The van der Waals surface area contributed by atoms with E-state index in [1.807, 2.05) is 25.1 Å². The molecule has 1 atom stereocenters. The third-order valence-electron chi connectivity index (χ3n) is 2.81. The Bertz CT molecular complexity index is 407. The topological polar surface area (TPSA) is 38.3 Å². The zero-order valence-electron chi connectivity index (χ0n) is 11.1. The predicted molar refractivity (Wildman–Crippen MR) is 77.6 cm³/mol. The quantitative estimate of drug-likeness (QED) is 0.819. The zero-order chi connectivity index (χ0) is 13.5. The number of hydrogen-bond acceptors (Lipinski definition) is 2. The molecule has 1 amide bonds. The minimum absolute atomic E-state index is 0.0722. The highest BCUT2D eigenvalue weighted by Gasteiger charge is 2.13. The van der Waals surface area contributed by atoms with Gasteiger partial charge in [-0.05, 0) is 31.4 Å². The van der Waals surface area contributed by atoms with E-state index in [4.69, 9.17) is 4.74 Å². The fraction of sp³-hybridized carbons (Fsp3) is 0.500. The van der Waals surface area contributed by atoms with Crippen molar-refractivity contribution in [2.75, 3.05) is 19.0 Å². The van der Waals surface area contributed by atoms with Gasteiger partial charge in [-0.15, -0.1) is 0 Å². The van der Waals surface area contributed by atoms with Gasteiger partial charge in [-0.25, -0.2) is 0 Å². The molecule has 100 valence electrons. The highest BCUT2D eigenvalue weighted by molar-refractivity contribution is 9.09. The molecule has 0 bridgehead atoms. The van der Waals surface area contributed by atoms with Gasteiger partial charge in [0.1, 0.15) is 5.75 Å². The van der Waals surface area contributed by atoms with E-state index < -0.39 is 0 Å². The lowest BCUT2D eigenvalue weighted by molar-refractivity contribution is 0.0945. The second-order valence-corrected chi connectivity index (χ2v) is 5.29. The molecule has 0 aromatic heterocycles. The van der Waals surface area contributed by atoms with Crippen molar-refractivity contribution in [3.8, 4) is 5.75 Å². The summed E-state index contributed by atoms with van der Waals surface area (Å²) in [4.78, 5) is 12.1. The van der Waals surface area contributed by atoms with Gasteiger partial charge in [0.15, 0.2) is 0 Å². The van der Waals surface area contributed by atoms with Gasteiger partial charge in [0.05, 0.1) is 12.7 Å². The second kappa shape index (κ2) is 7.41. The van der Waals surface area contributed by atoms with Gasteiger partial charge in [-0.3, -0.25) is 4.79 Å². The van der Waals surface area contributed by atoms with Crippen LogP contribution in [-0.4, -0.2) is 24.9 Å². The van der Waals surface area contributed by atoms with Crippen LogP contribution in [0.5, 0.6) is 5.75 Å². The van der Waals surface area contributed by atoms with E-state index in [0.29, 0.717) is 23.8 Å². The fourth-order valence-corrected chi connectivity index (χ4v) is 2.43. The molecule has 3 nitrogen and oxygen atoms in total. The lowest BCUT2D eigenvalue weighted by Crippen LogP contribution is -2.28. The number of amides is 1. The second-order valence-electron chi connectivity index (χ2n) is 4.50. The molecular weight excluding hydrogens is 294 g/mol. The molecule has 0 aliphatic rings. The summed E-state index contributed by atoms with van der Waals surface area (Å²) in [5.74, 6) is 1.01. The van der Waals surface area contributed by atoms with Gasteiger partial charge in [-0.1, -0.05) is 34.5 Å². The van der Waals surface area contributed by atoms with Gasteiger partial charge < -0.3 is 10.1 Å². The number of benzene rings is 1. The number of rotatable bonds is 6. The van der Waals surface area contributed by atoms with Crippen molar-refractivity contribution in [2.45, 2.75) is 20.3 Å². The summed E-state index contributed by atoms with van der Waals surface area (Å²) in [6.45, 7) is 4.76. The number of aryl methyl sites for hydroxylation is 1. The van der Waals surface area contributed by atoms with Crippen LogP contribution in [0, 0.1) is 12.8 Å². The van der Waals surface area contributed by atoms with Crippen molar-refractivity contribution in [1.82, 2.24) is 5.32 Å². The molecule has 0 saturated heterocycles. The van der Waals surface area contributed by atoms with Crippen LogP contribution < -0.4 is 10.1 Å². The number of halogens is 1. The van der Waals surface area contributed by atoms with E-state index in [2.05, 4.69) is 28.2 Å². The van der Waals surface area contributed by atoms with E-state index in [1.165, 1.54) is 0 Å². The van der Waals surface area contributed by atoms with Crippen molar-refractivity contribution in [2.24, 2.45) is 5.92 Å². The molecule has 4 heteroatoms. The maximum absolute atomic E-state index is 12.1. The molecule has 1 rings (SSSR count). The van der Waals surface area contributed by atoms with Crippen LogP contribution in [0.1, 0.15) is 29.3 Å². The van der Waals surface area contributed by atoms with Crippen LogP contribution in [0.3, 0.4) is 0 Å². The Morgan fingerprint density at radius 3 is 2.83 bits per heavy atom. The Morgan fingerprint density at radius 2 is 2.22 bits per heavy atom. The van der Waals surface area contributed by atoms with E-state index in [-0.39, 0.29) is 5.91 Å². The number of alkyl halides is 1. The average Bonchev–Trinajstić information content (AvgIpc) is 2.36. The van der Waals surface area contributed by atoms with E-state index in [9.17, 15) is 4.79 Å². The molecule has 0 fully saturated rings. The Morgan fingerprint density at radius 1 is 1.50 bits per heavy atom. The first-order valence-electron chi connectivity index (χ1n) is 6.07.